The second-order valence-corrected chi connectivity index (χ2v) is 5.48. The molecule has 0 spiro atoms. The maximum Gasteiger partial charge on any atom is 0.305 e. The summed E-state index contributed by atoms with van der Waals surface area (Å²) in [6.45, 7) is 1.98. The molecule has 2 rings (SSSR count). The van der Waals surface area contributed by atoms with Crippen molar-refractivity contribution in [1.29, 1.82) is 0 Å². The van der Waals surface area contributed by atoms with E-state index in [1.165, 1.54) is 0 Å². The van der Waals surface area contributed by atoms with Crippen LogP contribution < -0.4 is 16.2 Å². The molecule has 0 aliphatic carbocycles. The highest BCUT2D eigenvalue weighted by atomic mass is 79.9. The van der Waals surface area contributed by atoms with E-state index in [9.17, 15) is 4.79 Å². The number of hydrogen-bond acceptors (Lipinski definition) is 3. The Balaban J connectivity index is 1.81. The maximum absolute atomic E-state index is 11.7. The van der Waals surface area contributed by atoms with Gasteiger partial charge in [-0.05, 0) is 52.8 Å². The highest BCUT2D eigenvalue weighted by Crippen LogP contribution is 2.13. The van der Waals surface area contributed by atoms with Gasteiger partial charge in [0.1, 0.15) is 0 Å². The smallest absolute Gasteiger partial charge is 0.305 e. The lowest BCUT2D eigenvalue weighted by atomic mass is 10.1. The zero-order valence-electron chi connectivity index (χ0n) is 11.2. The highest BCUT2D eigenvalue weighted by Gasteiger charge is 2.11. The van der Waals surface area contributed by atoms with Gasteiger partial charge in [-0.15, -0.1) is 0 Å². The van der Waals surface area contributed by atoms with Crippen LogP contribution in [0.1, 0.15) is 29.1 Å². The minimum absolute atomic E-state index is 0.0286. The van der Waals surface area contributed by atoms with Crippen LogP contribution in [0.2, 0.25) is 0 Å². The van der Waals surface area contributed by atoms with Gasteiger partial charge in [0.05, 0.1) is 6.04 Å². The van der Waals surface area contributed by atoms with Gasteiger partial charge in [-0.25, -0.2) is 0 Å². The Bertz CT molecular complexity index is 630. The topological polar surface area (TPSA) is 66.3 Å². The molecule has 0 aliphatic heterocycles. The summed E-state index contributed by atoms with van der Waals surface area (Å²) in [5, 5.41) is 3.40. The standard InChI is InChI=1S/C14H14BrN3O2S/c1-9(10-5-3-2-4-6-10)16-14(21)18-17-13(19)11-7-8-12(15)20-11/h2-9H,1H3,(H,17,19)(H2,16,18,21). The van der Waals surface area contributed by atoms with E-state index in [1.807, 2.05) is 37.3 Å². The molecular weight excluding hydrogens is 354 g/mol. The second kappa shape index (κ2) is 7.24. The summed E-state index contributed by atoms with van der Waals surface area (Å²) in [5.41, 5.74) is 6.20. The van der Waals surface area contributed by atoms with Crippen LogP contribution in [0.15, 0.2) is 51.6 Å². The molecule has 1 unspecified atom stereocenters. The molecule has 110 valence electrons. The van der Waals surface area contributed by atoms with Gasteiger partial charge in [-0.1, -0.05) is 30.3 Å². The first-order valence-corrected chi connectivity index (χ1v) is 7.43. The van der Waals surface area contributed by atoms with Gasteiger partial charge in [0.15, 0.2) is 15.5 Å². The summed E-state index contributed by atoms with van der Waals surface area (Å²) in [6, 6.07) is 13.1. The first-order chi connectivity index (χ1) is 10.1. The fourth-order valence-electron chi connectivity index (χ4n) is 1.67. The number of hydrazine groups is 1. The largest absolute Gasteiger partial charge is 0.444 e. The molecular formula is C14H14BrN3O2S. The van der Waals surface area contributed by atoms with E-state index in [4.69, 9.17) is 16.6 Å². The molecule has 3 N–H and O–H groups in total. The number of nitrogens with one attached hydrogen (secondary N) is 3. The molecule has 1 aromatic carbocycles. The normalized spacial score (nSPS) is 11.5. The van der Waals surface area contributed by atoms with Crippen molar-refractivity contribution in [3.8, 4) is 0 Å². The summed E-state index contributed by atoms with van der Waals surface area (Å²) in [6.07, 6.45) is 0. The van der Waals surface area contributed by atoms with Crippen molar-refractivity contribution in [2.75, 3.05) is 0 Å². The zero-order chi connectivity index (χ0) is 15.2. The number of halogens is 1. The first kappa shape index (κ1) is 15.5. The lowest BCUT2D eigenvalue weighted by molar-refractivity contribution is 0.0914. The molecule has 2 aromatic rings. The summed E-state index contributed by atoms with van der Waals surface area (Å²) < 4.78 is 5.62. The minimum atomic E-state index is -0.405. The molecule has 1 heterocycles. The maximum atomic E-state index is 11.7. The van der Waals surface area contributed by atoms with E-state index in [2.05, 4.69) is 32.1 Å². The SMILES string of the molecule is CC(NC(=S)NNC(=O)c1ccc(Br)o1)c1ccccc1. The lowest BCUT2D eigenvalue weighted by Crippen LogP contribution is -2.47. The second-order valence-electron chi connectivity index (χ2n) is 4.29. The van der Waals surface area contributed by atoms with E-state index in [-0.39, 0.29) is 11.8 Å². The highest BCUT2D eigenvalue weighted by molar-refractivity contribution is 9.10. The van der Waals surface area contributed by atoms with E-state index in [1.54, 1.807) is 12.1 Å². The molecule has 1 aromatic heterocycles. The van der Waals surface area contributed by atoms with E-state index in [0.717, 1.165) is 5.56 Å². The van der Waals surface area contributed by atoms with Gasteiger partial charge >= 0.3 is 5.91 Å². The Morgan fingerprint density at radius 2 is 1.90 bits per heavy atom. The predicted molar refractivity (Wildman–Crippen MR) is 87.6 cm³/mol. The van der Waals surface area contributed by atoms with Gasteiger partial charge in [0, 0.05) is 0 Å². The van der Waals surface area contributed by atoms with Crippen molar-refractivity contribution in [2.24, 2.45) is 0 Å². The number of amides is 1. The van der Waals surface area contributed by atoms with Crippen LogP contribution >= 0.6 is 28.1 Å². The Hall–Kier alpha value is -1.86. The Morgan fingerprint density at radius 1 is 1.19 bits per heavy atom. The van der Waals surface area contributed by atoms with Gasteiger partial charge in [0.25, 0.3) is 0 Å². The predicted octanol–water partition coefficient (Wildman–Crippen LogP) is 2.91. The fourth-order valence-corrected chi connectivity index (χ4v) is 2.20. The number of carbonyl (C=O) groups is 1. The van der Waals surface area contributed by atoms with E-state index in [0.29, 0.717) is 9.78 Å². The van der Waals surface area contributed by atoms with Crippen molar-refractivity contribution in [3.63, 3.8) is 0 Å². The van der Waals surface area contributed by atoms with Crippen molar-refractivity contribution in [3.05, 3.63) is 58.5 Å². The molecule has 1 amide bonds. The van der Waals surface area contributed by atoms with Gasteiger partial charge in [0.2, 0.25) is 0 Å². The molecule has 5 nitrogen and oxygen atoms in total. The molecule has 1 atom stereocenters. The van der Waals surface area contributed by atoms with Crippen LogP contribution in [0, 0.1) is 0 Å². The van der Waals surface area contributed by atoms with Crippen LogP contribution in [0.3, 0.4) is 0 Å². The Labute approximate surface area is 136 Å². The minimum Gasteiger partial charge on any atom is -0.444 e. The van der Waals surface area contributed by atoms with Crippen LogP contribution in [0.25, 0.3) is 0 Å². The first-order valence-electron chi connectivity index (χ1n) is 6.23. The summed E-state index contributed by atoms with van der Waals surface area (Å²) >= 11 is 8.26. The molecule has 0 saturated carbocycles. The number of hydrogen-bond donors (Lipinski definition) is 3. The third-order valence-electron chi connectivity index (χ3n) is 2.73. The lowest BCUT2D eigenvalue weighted by Gasteiger charge is -2.17. The molecule has 0 saturated heterocycles. The van der Waals surface area contributed by atoms with Crippen molar-refractivity contribution in [1.82, 2.24) is 16.2 Å². The number of furan rings is 1. The zero-order valence-corrected chi connectivity index (χ0v) is 13.6. The average Bonchev–Trinajstić information content (AvgIpc) is 2.92. The number of thiocarbonyl (C=S) groups is 1. The van der Waals surface area contributed by atoms with E-state index >= 15 is 0 Å². The van der Waals surface area contributed by atoms with E-state index < -0.39 is 5.91 Å². The van der Waals surface area contributed by atoms with Crippen LogP contribution in [-0.2, 0) is 0 Å². The van der Waals surface area contributed by atoms with Crippen molar-refractivity contribution >= 4 is 39.2 Å². The third kappa shape index (κ3) is 4.57. The van der Waals surface area contributed by atoms with Gasteiger partial charge < -0.3 is 9.73 Å². The Kier molecular flexibility index (Phi) is 5.35. The molecule has 0 aliphatic rings. The summed E-state index contributed by atoms with van der Waals surface area (Å²) in [7, 11) is 0. The Morgan fingerprint density at radius 3 is 2.52 bits per heavy atom. The van der Waals surface area contributed by atoms with Crippen molar-refractivity contribution < 1.29 is 9.21 Å². The molecule has 0 fully saturated rings. The summed E-state index contributed by atoms with van der Waals surface area (Å²) in [5.74, 6) is -0.217. The number of benzene rings is 1. The number of rotatable bonds is 3. The van der Waals surface area contributed by atoms with Crippen LogP contribution in [0.4, 0.5) is 0 Å². The van der Waals surface area contributed by atoms with Crippen molar-refractivity contribution in [2.45, 2.75) is 13.0 Å². The molecule has 21 heavy (non-hydrogen) atoms. The quantitative estimate of drug-likeness (QED) is 0.574. The van der Waals surface area contributed by atoms with Crippen LogP contribution in [-0.4, -0.2) is 11.0 Å². The molecule has 0 radical (unpaired) electrons. The fraction of sp³-hybridized carbons (Fsp3) is 0.143. The average molecular weight is 368 g/mol. The molecule has 7 heteroatoms. The summed E-state index contributed by atoms with van der Waals surface area (Å²) in [4.78, 5) is 11.7. The monoisotopic (exact) mass is 367 g/mol. The van der Waals surface area contributed by atoms with Gasteiger partial charge in [-0.3, -0.25) is 15.6 Å². The van der Waals surface area contributed by atoms with Crippen LogP contribution in [0.5, 0.6) is 0 Å². The molecule has 0 bridgehead atoms. The third-order valence-corrected chi connectivity index (χ3v) is 3.38. The van der Waals surface area contributed by atoms with Gasteiger partial charge in [-0.2, -0.15) is 0 Å². The number of carbonyl (C=O) groups excluding carboxylic acids is 1.